The minimum atomic E-state index is -3.28. The highest BCUT2D eigenvalue weighted by Crippen LogP contribution is 2.25. The second kappa shape index (κ2) is 9.34. The lowest BCUT2D eigenvalue weighted by molar-refractivity contribution is -0.126. The van der Waals surface area contributed by atoms with E-state index in [0.29, 0.717) is 25.8 Å². The maximum absolute atomic E-state index is 13.1. The van der Waals surface area contributed by atoms with Gasteiger partial charge in [-0.25, -0.2) is 12.7 Å². The second-order valence-corrected chi connectivity index (χ2v) is 9.36. The Balaban J connectivity index is 1.77. The number of amides is 1. The van der Waals surface area contributed by atoms with E-state index in [9.17, 15) is 13.2 Å². The van der Waals surface area contributed by atoms with E-state index in [0.717, 1.165) is 11.1 Å². The third-order valence-corrected chi connectivity index (χ3v) is 7.21. The molecule has 0 saturated carbocycles. The van der Waals surface area contributed by atoms with Gasteiger partial charge >= 0.3 is 0 Å². The maximum atomic E-state index is 13.1. The third kappa shape index (κ3) is 5.00. The number of nitrogens with one attached hydrogen (secondary N) is 1. The first kappa shape index (κ1) is 20.6. The molecule has 2 aromatic carbocycles. The van der Waals surface area contributed by atoms with E-state index in [-0.39, 0.29) is 30.2 Å². The molecule has 0 aromatic heterocycles. The summed E-state index contributed by atoms with van der Waals surface area (Å²) in [7, 11) is -3.28. The minimum Gasteiger partial charge on any atom is -0.345 e. The molecule has 0 radical (unpaired) electrons. The van der Waals surface area contributed by atoms with Crippen molar-refractivity contribution in [3.8, 4) is 0 Å². The summed E-state index contributed by atoms with van der Waals surface area (Å²) in [4.78, 5) is 13.1. The van der Waals surface area contributed by atoms with Crippen molar-refractivity contribution in [3.63, 3.8) is 0 Å². The molecule has 1 saturated heterocycles. The lowest BCUT2D eigenvalue weighted by Gasteiger charge is -2.32. The van der Waals surface area contributed by atoms with Gasteiger partial charge in [-0.2, -0.15) is 0 Å². The fourth-order valence-corrected chi connectivity index (χ4v) is 5.29. The summed E-state index contributed by atoms with van der Waals surface area (Å²) in [5.41, 5.74) is 2.02. The van der Waals surface area contributed by atoms with Crippen molar-refractivity contribution >= 4 is 15.9 Å². The van der Waals surface area contributed by atoms with Crippen LogP contribution in [0.3, 0.4) is 0 Å². The van der Waals surface area contributed by atoms with E-state index in [1.165, 1.54) is 4.31 Å². The van der Waals surface area contributed by atoms with Crippen LogP contribution in [0.2, 0.25) is 0 Å². The summed E-state index contributed by atoms with van der Waals surface area (Å²) < 4.78 is 26.3. The molecule has 1 heterocycles. The maximum Gasteiger partial charge on any atom is 0.225 e. The molecular formula is C22H28N2O3S. The quantitative estimate of drug-likeness (QED) is 0.775. The number of carbonyl (C=O) groups is 1. The zero-order chi connectivity index (χ0) is 20.0. The lowest BCUT2D eigenvalue weighted by atomic mass is 9.95. The predicted molar refractivity (Wildman–Crippen MR) is 111 cm³/mol. The largest absolute Gasteiger partial charge is 0.345 e. The van der Waals surface area contributed by atoms with E-state index < -0.39 is 10.0 Å². The highest BCUT2D eigenvalue weighted by atomic mass is 32.2. The summed E-state index contributed by atoms with van der Waals surface area (Å²) >= 11 is 0. The molecule has 0 aliphatic carbocycles. The number of rotatable bonds is 7. The first-order chi connectivity index (χ1) is 13.5. The molecule has 150 valence electrons. The number of benzene rings is 2. The van der Waals surface area contributed by atoms with Crippen molar-refractivity contribution in [1.82, 2.24) is 9.62 Å². The number of hydrogen-bond donors (Lipinski definition) is 1. The monoisotopic (exact) mass is 400 g/mol. The van der Waals surface area contributed by atoms with Gasteiger partial charge in [-0.1, -0.05) is 67.6 Å². The van der Waals surface area contributed by atoms with E-state index >= 15 is 0 Å². The number of nitrogens with zero attached hydrogens (tertiary/aromatic N) is 1. The van der Waals surface area contributed by atoms with Gasteiger partial charge in [0.25, 0.3) is 0 Å². The van der Waals surface area contributed by atoms with Gasteiger partial charge in [-0.05, 0) is 30.4 Å². The third-order valence-electron chi connectivity index (χ3n) is 5.16. The summed E-state index contributed by atoms with van der Waals surface area (Å²) in [6.07, 6.45) is 2.00. The molecular weight excluding hydrogens is 372 g/mol. The van der Waals surface area contributed by atoms with E-state index in [1.807, 2.05) is 67.6 Å². The van der Waals surface area contributed by atoms with Gasteiger partial charge in [0, 0.05) is 13.1 Å². The van der Waals surface area contributed by atoms with Gasteiger partial charge in [0.1, 0.15) is 0 Å². The Morgan fingerprint density at radius 3 is 2.18 bits per heavy atom. The Labute approximate surface area is 167 Å². The average Bonchev–Trinajstić information content (AvgIpc) is 2.73. The standard InChI is InChI=1S/C22H28N2O3S/c1-2-16-28(26,27)24-15-9-14-20(17-24)22(25)23-21(18-10-5-3-6-11-18)19-12-7-4-8-13-19/h3-8,10-13,20-21H,2,9,14-17H2,1H3,(H,23,25)/t20-/m0/s1. The van der Waals surface area contributed by atoms with Crippen molar-refractivity contribution in [3.05, 3.63) is 71.8 Å². The fraction of sp³-hybridized carbons (Fsp3) is 0.409. The van der Waals surface area contributed by atoms with Crippen LogP contribution < -0.4 is 5.32 Å². The molecule has 6 heteroatoms. The van der Waals surface area contributed by atoms with Crippen LogP contribution in [0, 0.1) is 5.92 Å². The zero-order valence-corrected chi connectivity index (χ0v) is 17.1. The van der Waals surface area contributed by atoms with Crippen molar-refractivity contribution in [2.24, 2.45) is 5.92 Å². The predicted octanol–water partition coefficient (Wildman–Crippen LogP) is 3.34. The summed E-state index contributed by atoms with van der Waals surface area (Å²) in [6, 6.07) is 19.5. The summed E-state index contributed by atoms with van der Waals surface area (Å²) in [6.45, 7) is 2.63. The average molecular weight is 401 g/mol. The van der Waals surface area contributed by atoms with Crippen LogP contribution in [0.25, 0.3) is 0 Å². The van der Waals surface area contributed by atoms with E-state index in [2.05, 4.69) is 5.32 Å². The Morgan fingerprint density at radius 2 is 1.64 bits per heavy atom. The summed E-state index contributed by atoms with van der Waals surface area (Å²) in [5.74, 6) is -0.276. The van der Waals surface area contributed by atoms with Crippen molar-refractivity contribution in [2.75, 3.05) is 18.8 Å². The Bertz CT molecular complexity index is 830. The van der Waals surface area contributed by atoms with Gasteiger partial charge in [-0.15, -0.1) is 0 Å². The molecule has 1 aliphatic rings. The molecule has 3 rings (SSSR count). The first-order valence-electron chi connectivity index (χ1n) is 9.89. The van der Waals surface area contributed by atoms with Crippen LogP contribution in [0.1, 0.15) is 43.4 Å². The molecule has 1 fully saturated rings. The molecule has 2 aromatic rings. The highest BCUT2D eigenvalue weighted by molar-refractivity contribution is 7.89. The van der Waals surface area contributed by atoms with Crippen molar-refractivity contribution in [2.45, 2.75) is 32.2 Å². The Morgan fingerprint density at radius 1 is 1.07 bits per heavy atom. The van der Waals surface area contributed by atoms with Crippen LogP contribution in [0.4, 0.5) is 0 Å². The topological polar surface area (TPSA) is 66.5 Å². The van der Waals surface area contributed by atoms with Crippen LogP contribution in [0.15, 0.2) is 60.7 Å². The number of sulfonamides is 1. The van der Waals surface area contributed by atoms with Crippen molar-refractivity contribution < 1.29 is 13.2 Å². The zero-order valence-electron chi connectivity index (χ0n) is 16.3. The van der Waals surface area contributed by atoms with Crippen LogP contribution in [-0.4, -0.2) is 37.5 Å². The number of hydrogen-bond acceptors (Lipinski definition) is 3. The normalized spacial score (nSPS) is 18.1. The number of carbonyl (C=O) groups excluding carboxylic acids is 1. The molecule has 0 spiro atoms. The minimum absolute atomic E-state index is 0.0888. The molecule has 28 heavy (non-hydrogen) atoms. The van der Waals surface area contributed by atoms with Gasteiger partial charge in [-0.3, -0.25) is 4.79 Å². The molecule has 0 bridgehead atoms. The van der Waals surface area contributed by atoms with Crippen molar-refractivity contribution in [1.29, 1.82) is 0 Å². The highest BCUT2D eigenvalue weighted by Gasteiger charge is 2.32. The van der Waals surface area contributed by atoms with Crippen LogP contribution in [-0.2, 0) is 14.8 Å². The molecule has 1 aliphatic heterocycles. The van der Waals surface area contributed by atoms with Crippen LogP contribution >= 0.6 is 0 Å². The Kier molecular flexibility index (Phi) is 6.86. The van der Waals surface area contributed by atoms with Crippen LogP contribution in [0.5, 0.6) is 0 Å². The van der Waals surface area contributed by atoms with E-state index in [1.54, 1.807) is 0 Å². The number of piperidine rings is 1. The van der Waals surface area contributed by atoms with Gasteiger partial charge < -0.3 is 5.32 Å². The van der Waals surface area contributed by atoms with E-state index in [4.69, 9.17) is 0 Å². The van der Waals surface area contributed by atoms with Gasteiger partial charge in [0.05, 0.1) is 17.7 Å². The Hall–Kier alpha value is -2.18. The molecule has 5 nitrogen and oxygen atoms in total. The van der Waals surface area contributed by atoms with Gasteiger partial charge in [0.2, 0.25) is 15.9 Å². The summed E-state index contributed by atoms with van der Waals surface area (Å²) in [5, 5.41) is 3.16. The second-order valence-electron chi connectivity index (χ2n) is 7.28. The first-order valence-corrected chi connectivity index (χ1v) is 11.5. The fourth-order valence-electron chi connectivity index (χ4n) is 3.71. The molecule has 1 atom stereocenters. The van der Waals surface area contributed by atoms with Gasteiger partial charge in [0.15, 0.2) is 0 Å². The smallest absolute Gasteiger partial charge is 0.225 e. The molecule has 1 N–H and O–H groups in total. The molecule has 1 amide bonds. The SMILES string of the molecule is CCCS(=O)(=O)N1CCC[C@H](C(=O)NC(c2ccccc2)c2ccccc2)C1. The lowest BCUT2D eigenvalue weighted by Crippen LogP contribution is -2.46. The molecule has 0 unspecified atom stereocenters.